The SMILES string of the molecule is CC(C)[C@H](N)c1cc2c(cc1F)C[C@H](CCCB(O)O)[C@]2(C)C(=O)O. The van der Waals surface area contributed by atoms with Gasteiger partial charge in [-0.25, -0.2) is 4.39 Å². The molecule has 25 heavy (non-hydrogen) atoms. The van der Waals surface area contributed by atoms with Crippen molar-refractivity contribution >= 4 is 13.1 Å². The van der Waals surface area contributed by atoms with Gasteiger partial charge in [0, 0.05) is 11.6 Å². The number of halogens is 1. The molecule has 1 aliphatic carbocycles. The molecule has 5 N–H and O–H groups in total. The third-order valence-electron chi connectivity index (χ3n) is 5.60. The predicted molar refractivity (Wildman–Crippen MR) is 94.6 cm³/mol. The molecule has 0 amide bonds. The molecular formula is C18H27BFNO4. The maximum atomic E-state index is 14.5. The van der Waals surface area contributed by atoms with Gasteiger partial charge >= 0.3 is 13.1 Å². The van der Waals surface area contributed by atoms with Gasteiger partial charge in [-0.15, -0.1) is 0 Å². The molecule has 138 valence electrons. The topological polar surface area (TPSA) is 104 Å². The maximum absolute atomic E-state index is 14.5. The van der Waals surface area contributed by atoms with Crippen LogP contribution in [0.2, 0.25) is 6.32 Å². The van der Waals surface area contributed by atoms with Crippen LogP contribution in [0, 0.1) is 17.7 Å². The normalized spacial score (nSPS) is 23.6. The minimum Gasteiger partial charge on any atom is -0.481 e. The lowest BCUT2D eigenvalue weighted by atomic mass is 9.72. The van der Waals surface area contributed by atoms with Crippen LogP contribution in [0.25, 0.3) is 0 Å². The van der Waals surface area contributed by atoms with Gasteiger partial charge in [0.1, 0.15) is 5.82 Å². The number of carboxylic acids is 1. The molecule has 0 heterocycles. The molecule has 7 heteroatoms. The number of nitrogens with two attached hydrogens (primary N) is 1. The second-order valence-electron chi connectivity index (χ2n) is 7.62. The number of fused-ring (bicyclic) bond motifs is 1. The van der Waals surface area contributed by atoms with E-state index in [0.29, 0.717) is 36.0 Å². The average Bonchev–Trinajstić information content (AvgIpc) is 2.78. The summed E-state index contributed by atoms with van der Waals surface area (Å²) in [6.07, 6.45) is 1.69. The first kappa shape index (κ1) is 19.9. The standard InChI is InChI=1S/C18H27BFNO4/c1-10(2)16(21)13-9-14-11(8-15(13)20)7-12(5-4-6-19(24)25)18(14,3)17(22)23/h8-10,12,16,24-25H,4-7,21H2,1-3H3,(H,22,23)/t12-,16-,18-/m0/s1. The summed E-state index contributed by atoms with van der Waals surface area (Å²) in [5.74, 6) is -1.52. The molecular weight excluding hydrogens is 324 g/mol. The van der Waals surface area contributed by atoms with Crippen molar-refractivity contribution in [2.24, 2.45) is 17.6 Å². The van der Waals surface area contributed by atoms with E-state index in [-0.39, 0.29) is 24.0 Å². The quantitative estimate of drug-likeness (QED) is 0.564. The molecule has 0 bridgehead atoms. The maximum Gasteiger partial charge on any atom is 0.451 e. The minimum atomic E-state index is -1.40. The first-order valence-electron chi connectivity index (χ1n) is 8.76. The Morgan fingerprint density at radius 2 is 2.08 bits per heavy atom. The number of carboxylic acid groups (broad SMARTS) is 1. The molecule has 2 rings (SSSR count). The van der Waals surface area contributed by atoms with Crippen LogP contribution in [0.4, 0.5) is 4.39 Å². The van der Waals surface area contributed by atoms with Crippen LogP contribution in [0.5, 0.6) is 0 Å². The summed E-state index contributed by atoms with van der Waals surface area (Å²) in [5.41, 5.74) is 6.66. The van der Waals surface area contributed by atoms with Gasteiger partial charge in [0.05, 0.1) is 5.41 Å². The third kappa shape index (κ3) is 3.73. The van der Waals surface area contributed by atoms with E-state index in [1.807, 2.05) is 13.8 Å². The molecule has 3 atom stereocenters. The summed E-state index contributed by atoms with van der Waals surface area (Å²) >= 11 is 0. The molecule has 0 unspecified atom stereocenters. The summed E-state index contributed by atoms with van der Waals surface area (Å²) in [5, 5.41) is 27.9. The highest BCUT2D eigenvalue weighted by atomic mass is 19.1. The molecule has 0 radical (unpaired) electrons. The second-order valence-corrected chi connectivity index (χ2v) is 7.62. The van der Waals surface area contributed by atoms with Crippen molar-refractivity contribution in [2.75, 3.05) is 0 Å². The van der Waals surface area contributed by atoms with Gasteiger partial charge in [-0.3, -0.25) is 4.79 Å². The number of hydrogen-bond donors (Lipinski definition) is 4. The van der Waals surface area contributed by atoms with Crippen molar-refractivity contribution in [1.29, 1.82) is 0 Å². The van der Waals surface area contributed by atoms with Crippen molar-refractivity contribution in [3.8, 4) is 0 Å². The molecule has 1 aliphatic rings. The van der Waals surface area contributed by atoms with Crippen LogP contribution >= 0.6 is 0 Å². The zero-order chi connectivity index (χ0) is 18.9. The van der Waals surface area contributed by atoms with Gasteiger partial charge in [-0.1, -0.05) is 20.3 Å². The second kappa shape index (κ2) is 7.44. The Bertz CT molecular complexity index is 652. The van der Waals surface area contributed by atoms with Gasteiger partial charge in [0.2, 0.25) is 0 Å². The Morgan fingerprint density at radius 1 is 1.44 bits per heavy atom. The van der Waals surface area contributed by atoms with Crippen LogP contribution < -0.4 is 5.73 Å². The number of aliphatic carboxylic acids is 1. The summed E-state index contributed by atoms with van der Waals surface area (Å²) in [7, 11) is -1.40. The van der Waals surface area contributed by atoms with E-state index in [1.165, 1.54) is 6.07 Å². The molecule has 0 saturated heterocycles. The van der Waals surface area contributed by atoms with Crippen molar-refractivity contribution < 1.29 is 24.3 Å². The van der Waals surface area contributed by atoms with Gasteiger partial charge in [-0.2, -0.15) is 0 Å². The lowest BCUT2D eigenvalue weighted by molar-refractivity contribution is -0.145. The van der Waals surface area contributed by atoms with E-state index in [4.69, 9.17) is 15.8 Å². The number of rotatable bonds is 7. The van der Waals surface area contributed by atoms with Crippen LogP contribution in [-0.2, 0) is 16.6 Å². The Hall–Kier alpha value is -1.44. The highest BCUT2D eigenvalue weighted by molar-refractivity contribution is 6.40. The Morgan fingerprint density at radius 3 is 2.60 bits per heavy atom. The van der Waals surface area contributed by atoms with Gasteiger partial charge in [-0.05, 0) is 61.2 Å². The van der Waals surface area contributed by atoms with Crippen molar-refractivity contribution in [2.45, 2.75) is 57.8 Å². The fraction of sp³-hybridized carbons (Fsp3) is 0.611. The van der Waals surface area contributed by atoms with Crippen molar-refractivity contribution in [3.63, 3.8) is 0 Å². The fourth-order valence-electron chi connectivity index (χ4n) is 3.81. The molecule has 1 aromatic rings. The molecule has 0 spiro atoms. The molecule has 5 nitrogen and oxygen atoms in total. The molecule has 0 saturated carbocycles. The van der Waals surface area contributed by atoms with Crippen molar-refractivity contribution in [1.82, 2.24) is 0 Å². The lowest BCUT2D eigenvalue weighted by Gasteiger charge is -2.29. The largest absolute Gasteiger partial charge is 0.481 e. The first-order chi connectivity index (χ1) is 11.6. The van der Waals surface area contributed by atoms with Crippen LogP contribution in [0.3, 0.4) is 0 Å². The minimum absolute atomic E-state index is 0.0341. The highest BCUT2D eigenvalue weighted by Crippen LogP contribution is 2.47. The van der Waals surface area contributed by atoms with E-state index in [9.17, 15) is 14.3 Å². The van der Waals surface area contributed by atoms with E-state index in [2.05, 4.69) is 0 Å². The molecule has 0 aliphatic heterocycles. The lowest BCUT2D eigenvalue weighted by Crippen LogP contribution is -2.37. The van der Waals surface area contributed by atoms with E-state index in [1.54, 1.807) is 13.0 Å². The highest BCUT2D eigenvalue weighted by Gasteiger charge is 2.49. The Balaban J connectivity index is 2.40. The summed E-state index contributed by atoms with van der Waals surface area (Å²) in [6.45, 7) is 5.47. The van der Waals surface area contributed by atoms with Crippen LogP contribution in [-0.4, -0.2) is 28.2 Å². The summed E-state index contributed by atoms with van der Waals surface area (Å²) < 4.78 is 14.5. The van der Waals surface area contributed by atoms with Gasteiger partial charge in [0.25, 0.3) is 0 Å². The number of hydrogen-bond acceptors (Lipinski definition) is 4. The van der Waals surface area contributed by atoms with Crippen molar-refractivity contribution in [3.05, 3.63) is 34.6 Å². The van der Waals surface area contributed by atoms with E-state index >= 15 is 0 Å². The van der Waals surface area contributed by atoms with Gasteiger partial charge < -0.3 is 20.9 Å². The predicted octanol–water partition coefficient (Wildman–Crippen LogP) is 2.25. The van der Waals surface area contributed by atoms with Crippen LogP contribution in [0.1, 0.15) is 56.3 Å². The smallest absolute Gasteiger partial charge is 0.451 e. The Labute approximate surface area is 148 Å². The number of carbonyl (C=O) groups is 1. The van der Waals surface area contributed by atoms with Gasteiger partial charge in [0.15, 0.2) is 0 Å². The molecule has 0 fully saturated rings. The summed E-state index contributed by atoms with van der Waals surface area (Å²) in [4.78, 5) is 12.1. The molecule has 0 aromatic heterocycles. The Kier molecular flexibility index (Phi) is 5.91. The molecule has 1 aromatic carbocycles. The third-order valence-corrected chi connectivity index (χ3v) is 5.60. The monoisotopic (exact) mass is 351 g/mol. The zero-order valence-electron chi connectivity index (χ0n) is 15.0. The fourth-order valence-corrected chi connectivity index (χ4v) is 3.81. The van der Waals surface area contributed by atoms with E-state index in [0.717, 1.165) is 0 Å². The van der Waals surface area contributed by atoms with E-state index < -0.39 is 24.5 Å². The average molecular weight is 351 g/mol. The number of benzene rings is 1. The first-order valence-corrected chi connectivity index (χ1v) is 8.76. The van der Waals surface area contributed by atoms with Crippen LogP contribution in [0.15, 0.2) is 12.1 Å². The summed E-state index contributed by atoms with van der Waals surface area (Å²) in [6, 6.07) is 2.56. The zero-order valence-corrected chi connectivity index (χ0v) is 15.0.